The molecule has 0 radical (unpaired) electrons. The van der Waals surface area contributed by atoms with Crippen LogP contribution in [0.3, 0.4) is 0 Å². The molecule has 1 N–H and O–H groups in total. The molecule has 0 unspecified atom stereocenters. The standard InChI is InChI=1S/C20H29NO6/c1-12-7-6-8-15(13(12)2)21-18(22)11-27-20(23)14-9-16(24-3)19(26-5)17(10-14)25-4/h9-10,12-13,15H,6-8,11H2,1-5H3,(H,21,22)/t12-,13-,15+/m1/s1. The molecule has 0 bridgehead atoms. The molecule has 1 aromatic rings. The summed E-state index contributed by atoms with van der Waals surface area (Å²) in [6.07, 6.45) is 3.24. The van der Waals surface area contributed by atoms with E-state index in [2.05, 4.69) is 19.2 Å². The Kier molecular flexibility index (Phi) is 7.33. The fourth-order valence-corrected chi connectivity index (χ4v) is 3.45. The second kappa shape index (κ2) is 9.48. The van der Waals surface area contributed by atoms with Crippen molar-refractivity contribution in [2.24, 2.45) is 11.8 Å². The minimum absolute atomic E-state index is 0.126. The van der Waals surface area contributed by atoms with Gasteiger partial charge in [-0.25, -0.2) is 4.79 Å². The largest absolute Gasteiger partial charge is 0.493 e. The fourth-order valence-electron chi connectivity index (χ4n) is 3.45. The Morgan fingerprint density at radius 3 is 2.22 bits per heavy atom. The Balaban J connectivity index is 1.98. The van der Waals surface area contributed by atoms with Crippen LogP contribution in [-0.4, -0.2) is 45.9 Å². The molecule has 1 amide bonds. The number of hydrogen-bond donors (Lipinski definition) is 1. The molecule has 1 saturated carbocycles. The summed E-state index contributed by atoms with van der Waals surface area (Å²) in [4.78, 5) is 24.5. The van der Waals surface area contributed by atoms with Gasteiger partial charge >= 0.3 is 5.97 Å². The number of benzene rings is 1. The predicted octanol–water partition coefficient (Wildman–Crippen LogP) is 2.81. The molecule has 1 aromatic carbocycles. The molecular weight excluding hydrogens is 350 g/mol. The molecule has 2 rings (SSSR count). The Morgan fingerprint density at radius 1 is 1.04 bits per heavy atom. The van der Waals surface area contributed by atoms with E-state index in [1.54, 1.807) is 0 Å². The number of nitrogens with one attached hydrogen (secondary N) is 1. The van der Waals surface area contributed by atoms with Crippen molar-refractivity contribution < 1.29 is 28.5 Å². The lowest BCUT2D eigenvalue weighted by molar-refractivity contribution is -0.125. The van der Waals surface area contributed by atoms with Gasteiger partial charge in [-0.05, 0) is 30.4 Å². The maximum Gasteiger partial charge on any atom is 0.338 e. The number of rotatable bonds is 7. The van der Waals surface area contributed by atoms with Crippen molar-refractivity contribution in [2.45, 2.75) is 39.2 Å². The lowest BCUT2D eigenvalue weighted by atomic mass is 9.78. The molecule has 7 nitrogen and oxygen atoms in total. The zero-order valence-corrected chi connectivity index (χ0v) is 16.7. The molecule has 3 atom stereocenters. The monoisotopic (exact) mass is 379 g/mol. The van der Waals surface area contributed by atoms with E-state index in [1.165, 1.54) is 39.9 Å². The topological polar surface area (TPSA) is 83.1 Å². The van der Waals surface area contributed by atoms with Crippen molar-refractivity contribution in [3.8, 4) is 17.2 Å². The molecule has 0 heterocycles. The van der Waals surface area contributed by atoms with Gasteiger partial charge < -0.3 is 24.3 Å². The van der Waals surface area contributed by atoms with E-state index in [1.807, 2.05) is 0 Å². The van der Waals surface area contributed by atoms with Crippen molar-refractivity contribution in [2.75, 3.05) is 27.9 Å². The van der Waals surface area contributed by atoms with Crippen LogP contribution >= 0.6 is 0 Å². The summed E-state index contributed by atoms with van der Waals surface area (Å²) in [6, 6.07) is 3.11. The van der Waals surface area contributed by atoms with Gasteiger partial charge in [-0.15, -0.1) is 0 Å². The van der Waals surface area contributed by atoms with Crippen molar-refractivity contribution >= 4 is 11.9 Å². The van der Waals surface area contributed by atoms with Gasteiger partial charge in [0.25, 0.3) is 5.91 Å². The van der Waals surface area contributed by atoms with Gasteiger partial charge in [0, 0.05) is 6.04 Å². The SMILES string of the molecule is COc1cc(C(=O)OCC(=O)N[C@H]2CCC[C@@H](C)[C@H]2C)cc(OC)c1OC. The van der Waals surface area contributed by atoms with Gasteiger partial charge in [-0.1, -0.05) is 26.7 Å². The molecule has 1 aliphatic carbocycles. The Morgan fingerprint density at radius 2 is 1.67 bits per heavy atom. The van der Waals surface area contributed by atoms with Gasteiger partial charge in [0.05, 0.1) is 26.9 Å². The van der Waals surface area contributed by atoms with Gasteiger partial charge in [-0.3, -0.25) is 4.79 Å². The third-order valence-corrected chi connectivity index (χ3v) is 5.29. The number of methoxy groups -OCH3 is 3. The molecule has 1 aliphatic rings. The Hall–Kier alpha value is -2.44. The van der Waals surface area contributed by atoms with Crippen LogP contribution in [0.5, 0.6) is 17.2 Å². The smallest absolute Gasteiger partial charge is 0.338 e. The first-order chi connectivity index (χ1) is 12.9. The average Bonchev–Trinajstić information content (AvgIpc) is 2.68. The quantitative estimate of drug-likeness (QED) is 0.734. The molecule has 7 heteroatoms. The molecule has 0 saturated heterocycles. The van der Waals surface area contributed by atoms with Crippen molar-refractivity contribution in [1.29, 1.82) is 0 Å². The average molecular weight is 379 g/mol. The Labute approximate surface area is 160 Å². The van der Waals surface area contributed by atoms with Crippen molar-refractivity contribution in [3.05, 3.63) is 17.7 Å². The molecule has 1 fully saturated rings. The normalized spacial score (nSPS) is 21.9. The first kappa shape index (κ1) is 20.9. The highest BCUT2D eigenvalue weighted by molar-refractivity contribution is 5.92. The van der Waals surface area contributed by atoms with E-state index < -0.39 is 5.97 Å². The van der Waals surface area contributed by atoms with Crippen LogP contribution in [0, 0.1) is 11.8 Å². The summed E-state index contributed by atoms with van der Waals surface area (Å²) in [5.74, 6) is 1.14. The first-order valence-electron chi connectivity index (χ1n) is 9.17. The summed E-state index contributed by atoms with van der Waals surface area (Å²) in [6.45, 7) is 4.03. The third-order valence-electron chi connectivity index (χ3n) is 5.29. The van der Waals surface area contributed by atoms with Crippen LogP contribution in [0.15, 0.2) is 12.1 Å². The summed E-state index contributed by atoms with van der Waals surface area (Å²) >= 11 is 0. The lowest BCUT2D eigenvalue weighted by Crippen LogP contribution is -2.45. The van der Waals surface area contributed by atoms with E-state index in [0.717, 1.165) is 12.8 Å². The van der Waals surface area contributed by atoms with Crippen LogP contribution < -0.4 is 19.5 Å². The first-order valence-corrected chi connectivity index (χ1v) is 9.17. The minimum Gasteiger partial charge on any atom is -0.493 e. The highest BCUT2D eigenvalue weighted by atomic mass is 16.5. The minimum atomic E-state index is -0.630. The van der Waals surface area contributed by atoms with Crippen LogP contribution in [0.4, 0.5) is 0 Å². The molecule has 0 aromatic heterocycles. The third kappa shape index (κ3) is 5.05. The number of carbonyl (C=O) groups excluding carboxylic acids is 2. The van der Waals surface area contributed by atoms with E-state index in [4.69, 9.17) is 18.9 Å². The van der Waals surface area contributed by atoms with E-state index in [9.17, 15) is 9.59 Å². The van der Waals surface area contributed by atoms with E-state index in [-0.39, 0.29) is 24.1 Å². The van der Waals surface area contributed by atoms with Crippen LogP contribution in [0.25, 0.3) is 0 Å². The second-order valence-electron chi connectivity index (χ2n) is 6.93. The van der Waals surface area contributed by atoms with Gasteiger partial charge in [0.2, 0.25) is 5.75 Å². The maximum absolute atomic E-state index is 12.3. The number of ether oxygens (including phenoxy) is 4. The van der Waals surface area contributed by atoms with E-state index >= 15 is 0 Å². The highest BCUT2D eigenvalue weighted by Crippen LogP contribution is 2.38. The van der Waals surface area contributed by atoms with Crippen LogP contribution in [-0.2, 0) is 9.53 Å². The lowest BCUT2D eigenvalue weighted by Gasteiger charge is -2.34. The number of esters is 1. The highest BCUT2D eigenvalue weighted by Gasteiger charge is 2.28. The Bertz CT molecular complexity index is 649. The van der Waals surface area contributed by atoms with Gasteiger partial charge in [0.15, 0.2) is 18.1 Å². The zero-order chi connectivity index (χ0) is 20.0. The van der Waals surface area contributed by atoms with Crippen molar-refractivity contribution in [3.63, 3.8) is 0 Å². The zero-order valence-electron chi connectivity index (χ0n) is 16.7. The molecular formula is C20H29NO6. The number of amides is 1. The molecule has 0 aliphatic heterocycles. The summed E-state index contributed by atoms with van der Waals surface area (Å²) in [7, 11) is 4.41. The second-order valence-corrected chi connectivity index (χ2v) is 6.93. The molecule has 0 spiro atoms. The van der Waals surface area contributed by atoms with Crippen LogP contribution in [0.1, 0.15) is 43.5 Å². The predicted molar refractivity (Wildman–Crippen MR) is 100 cm³/mol. The van der Waals surface area contributed by atoms with Gasteiger partial charge in [-0.2, -0.15) is 0 Å². The summed E-state index contributed by atoms with van der Waals surface area (Å²) < 4.78 is 20.8. The van der Waals surface area contributed by atoms with Crippen LogP contribution in [0.2, 0.25) is 0 Å². The summed E-state index contributed by atoms with van der Waals surface area (Å²) in [5.41, 5.74) is 0.219. The van der Waals surface area contributed by atoms with E-state index in [0.29, 0.717) is 29.1 Å². The van der Waals surface area contributed by atoms with Crippen molar-refractivity contribution in [1.82, 2.24) is 5.32 Å². The molecule has 27 heavy (non-hydrogen) atoms. The number of hydrogen-bond acceptors (Lipinski definition) is 6. The molecule has 150 valence electrons. The van der Waals surface area contributed by atoms with Gasteiger partial charge in [0.1, 0.15) is 0 Å². The number of carbonyl (C=O) groups is 2. The summed E-state index contributed by atoms with van der Waals surface area (Å²) in [5, 5.41) is 2.98. The maximum atomic E-state index is 12.3. The fraction of sp³-hybridized carbons (Fsp3) is 0.600.